The van der Waals surface area contributed by atoms with E-state index in [1.807, 2.05) is 6.92 Å². The minimum Gasteiger partial charge on any atom is -0.394 e. The minimum atomic E-state index is -0.766. The van der Waals surface area contributed by atoms with Crippen molar-refractivity contribution in [3.63, 3.8) is 0 Å². The van der Waals surface area contributed by atoms with Crippen LogP contribution in [0.5, 0.6) is 0 Å². The van der Waals surface area contributed by atoms with Crippen LogP contribution in [0.1, 0.15) is 78.6 Å². The molecule has 0 rings (SSSR count). The Balaban J connectivity index is 3.71. The fourth-order valence-corrected chi connectivity index (χ4v) is 2.29. The number of aliphatic hydroxyl groups is 1. The van der Waals surface area contributed by atoms with E-state index in [4.69, 9.17) is 4.74 Å². The lowest BCUT2D eigenvalue weighted by atomic mass is 10.1. The lowest BCUT2D eigenvalue weighted by Crippen LogP contribution is -2.25. The molecule has 0 aromatic heterocycles. The van der Waals surface area contributed by atoms with Gasteiger partial charge in [-0.2, -0.15) is 0 Å². The van der Waals surface area contributed by atoms with E-state index in [2.05, 4.69) is 13.8 Å². The number of rotatable bonds is 13. The van der Waals surface area contributed by atoms with Crippen molar-refractivity contribution in [1.82, 2.24) is 0 Å². The third kappa shape index (κ3) is 11.4. The van der Waals surface area contributed by atoms with Crippen LogP contribution in [-0.2, 0) is 4.74 Å². The Bertz CT molecular complexity index is 188. The predicted molar refractivity (Wildman–Crippen MR) is 79.2 cm³/mol. The molecule has 0 heterocycles. The van der Waals surface area contributed by atoms with Crippen LogP contribution in [-0.4, -0.2) is 30.1 Å². The normalized spacial score (nSPS) is 16.3. The topological polar surface area (TPSA) is 29.5 Å². The van der Waals surface area contributed by atoms with Crippen LogP contribution in [0, 0.1) is 0 Å². The maximum atomic E-state index is 13.7. The number of ether oxygens (including phenoxy) is 1. The van der Waals surface area contributed by atoms with Crippen LogP contribution in [0.4, 0.5) is 4.39 Å². The van der Waals surface area contributed by atoms with Crippen LogP contribution in [0.3, 0.4) is 0 Å². The Hall–Kier alpha value is -0.150. The van der Waals surface area contributed by atoms with Gasteiger partial charge in [-0.05, 0) is 19.8 Å². The Morgan fingerprint density at radius 2 is 1.68 bits per heavy atom. The summed E-state index contributed by atoms with van der Waals surface area (Å²) in [5.74, 6) is 0. The van der Waals surface area contributed by atoms with E-state index in [9.17, 15) is 9.50 Å². The van der Waals surface area contributed by atoms with Gasteiger partial charge < -0.3 is 9.84 Å². The molecule has 0 bridgehead atoms. The molecule has 3 heteroatoms. The first-order valence-corrected chi connectivity index (χ1v) is 8.04. The standard InChI is InChI=1S/C16H33FO2/c1-4-6-8-9-10-15(17)12-14(3)19-16(13-18)11-7-5-2/h14-16,18H,4-13H2,1-3H3. The Labute approximate surface area is 118 Å². The molecule has 0 saturated carbocycles. The molecule has 0 aromatic carbocycles. The van der Waals surface area contributed by atoms with Gasteiger partial charge in [-0.1, -0.05) is 52.4 Å². The van der Waals surface area contributed by atoms with E-state index >= 15 is 0 Å². The first-order chi connectivity index (χ1) is 9.13. The molecule has 0 spiro atoms. The summed E-state index contributed by atoms with van der Waals surface area (Å²) in [5, 5.41) is 9.22. The van der Waals surface area contributed by atoms with E-state index < -0.39 is 6.17 Å². The smallest absolute Gasteiger partial charge is 0.103 e. The molecule has 19 heavy (non-hydrogen) atoms. The van der Waals surface area contributed by atoms with Gasteiger partial charge in [0.15, 0.2) is 0 Å². The van der Waals surface area contributed by atoms with Crippen molar-refractivity contribution in [2.45, 2.75) is 96.9 Å². The highest BCUT2D eigenvalue weighted by molar-refractivity contribution is 4.65. The van der Waals surface area contributed by atoms with E-state index in [0.717, 1.165) is 32.1 Å². The zero-order valence-corrected chi connectivity index (χ0v) is 13.0. The molecule has 0 saturated heterocycles. The quantitative estimate of drug-likeness (QED) is 0.496. The highest BCUT2D eigenvalue weighted by Gasteiger charge is 2.16. The van der Waals surface area contributed by atoms with Crippen LogP contribution in [0.25, 0.3) is 0 Å². The van der Waals surface area contributed by atoms with Crippen molar-refractivity contribution in [1.29, 1.82) is 0 Å². The third-order valence-electron chi connectivity index (χ3n) is 3.47. The summed E-state index contributed by atoms with van der Waals surface area (Å²) in [5.41, 5.74) is 0. The van der Waals surface area contributed by atoms with Gasteiger partial charge in [0.25, 0.3) is 0 Å². The molecule has 116 valence electrons. The van der Waals surface area contributed by atoms with E-state index in [0.29, 0.717) is 12.8 Å². The minimum absolute atomic E-state index is 0.0395. The molecule has 0 radical (unpaired) electrons. The van der Waals surface area contributed by atoms with Crippen molar-refractivity contribution in [2.75, 3.05) is 6.61 Å². The van der Waals surface area contributed by atoms with Gasteiger partial charge in [0.1, 0.15) is 6.17 Å². The molecule has 0 aromatic rings. The number of aliphatic hydroxyl groups excluding tert-OH is 1. The Kier molecular flexibility index (Phi) is 12.8. The van der Waals surface area contributed by atoms with Crippen LogP contribution < -0.4 is 0 Å². The average molecular weight is 276 g/mol. The second kappa shape index (κ2) is 12.9. The van der Waals surface area contributed by atoms with Gasteiger partial charge in [0, 0.05) is 6.42 Å². The summed E-state index contributed by atoms with van der Waals surface area (Å²) in [6.07, 6.45) is 7.60. The molecule has 0 fully saturated rings. The van der Waals surface area contributed by atoms with Gasteiger partial charge in [-0.25, -0.2) is 4.39 Å². The van der Waals surface area contributed by atoms with Crippen molar-refractivity contribution in [3.05, 3.63) is 0 Å². The molecule has 0 aliphatic rings. The summed E-state index contributed by atoms with van der Waals surface area (Å²) in [6.45, 7) is 6.23. The fourth-order valence-electron chi connectivity index (χ4n) is 2.29. The van der Waals surface area contributed by atoms with Crippen molar-refractivity contribution in [3.8, 4) is 0 Å². The Morgan fingerprint density at radius 3 is 2.26 bits per heavy atom. The highest BCUT2D eigenvalue weighted by Crippen LogP contribution is 2.16. The van der Waals surface area contributed by atoms with Gasteiger partial charge in [0.05, 0.1) is 18.8 Å². The summed E-state index contributed by atoms with van der Waals surface area (Å²) in [4.78, 5) is 0. The molecule has 1 N–H and O–H groups in total. The van der Waals surface area contributed by atoms with Crippen molar-refractivity contribution in [2.24, 2.45) is 0 Å². The monoisotopic (exact) mass is 276 g/mol. The van der Waals surface area contributed by atoms with Gasteiger partial charge in [-0.15, -0.1) is 0 Å². The van der Waals surface area contributed by atoms with E-state index in [1.165, 1.54) is 12.8 Å². The SMILES string of the molecule is CCCCCCC(F)CC(C)OC(CO)CCCC. The lowest BCUT2D eigenvalue weighted by Gasteiger charge is -2.22. The molecular formula is C16H33FO2. The summed E-state index contributed by atoms with van der Waals surface area (Å²) in [7, 11) is 0. The van der Waals surface area contributed by atoms with Crippen molar-refractivity contribution >= 4 is 0 Å². The number of hydrogen-bond acceptors (Lipinski definition) is 2. The second-order valence-electron chi connectivity index (χ2n) is 5.58. The average Bonchev–Trinajstić information content (AvgIpc) is 2.39. The summed E-state index contributed by atoms with van der Waals surface area (Å²) < 4.78 is 19.5. The maximum Gasteiger partial charge on any atom is 0.103 e. The van der Waals surface area contributed by atoms with Gasteiger partial charge >= 0.3 is 0 Å². The van der Waals surface area contributed by atoms with Gasteiger partial charge in [-0.3, -0.25) is 0 Å². The second-order valence-corrected chi connectivity index (χ2v) is 5.58. The van der Waals surface area contributed by atoms with E-state index in [-0.39, 0.29) is 18.8 Å². The fraction of sp³-hybridized carbons (Fsp3) is 1.00. The molecular weight excluding hydrogens is 243 g/mol. The third-order valence-corrected chi connectivity index (χ3v) is 3.47. The van der Waals surface area contributed by atoms with Gasteiger partial charge in [0.2, 0.25) is 0 Å². The number of halogens is 1. The largest absolute Gasteiger partial charge is 0.394 e. The number of unbranched alkanes of at least 4 members (excludes halogenated alkanes) is 4. The maximum absolute atomic E-state index is 13.7. The first kappa shape index (κ1) is 18.9. The molecule has 3 unspecified atom stereocenters. The molecule has 0 amide bonds. The van der Waals surface area contributed by atoms with Crippen LogP contribution >= 0.6 is 0 Å². The summed E-state index contributed by atoms with van der Waals surface area (Å²) in [6, 6.07) is 0. The molecule has 0 aliphatic carbocycles. The number of alkyl halides is 1. The highest BCUT2D eigenvalue weighted by atomic mass is 19.1. The lowest BCUT2D eigenvalue weighted by molar-refractivity contribution is -0.0468. The summed E-state index contributed by atoms with van der Waals surface area (Å²) >= 11 is 0. The zero-order chi connectivity index (χ0) is 14.5. The molecule has 0 aliphatic heterocycles. The van der Waals surface area contributed by atoms with Crippen molar-refractivity contribution < 1.29 is 14.2 Å². The van der Waals surface area contributed by atoms with Crippen LogP contribution in [0.2, 0.25) is 0 Å². The predicted octanol–water partition coefficient (Wildman–Crippen LogP) is 4.64. The van der Waals surface area contributed by atoms with Crippen LogP contribution in [0.15, 0.2) is 0 Å². The number of hydrogen-bond donors (Lipinski definition) is 1. The zero-order valence-electron chi connectivity index (χ0n) is 13.0. The first-order valence-electron chi connectivity index (χ1n) is 8.04. The molecule has 3 atom stereocenters. The molecule has 2 nitrogen and oxygen atoms in total. The van der Waals surface area contributed by atoms with E-state index in [1.54, 1.807) is 0 Å². The Morgan fingerprint density at radius 1 is 1.00 bits per heavy atom.